The highest BCUT2D eigenvalue weighted by molar-refractivity contribution is 5.81. The maximum absolute atomic E-state index is 11.7. The van der Waals surface area contributed by atoms with Crippen LogP contribution < -0.4 is 0 Å². The molecule has 1 rings (SSSR count). The summed E-state index contributed by atoms with van der Waals surface area (Å²) >= 11 is 0. The number of ether oxygens (including phenoxy) is 2. The highest BCUT2D eigenvalue weighted by Crippen LogP contribution is 2.23. The van der Waals surface area contributed by atoms with Gasteiger partial charge in [0.2, 0.25) is 6.54 Å². The van der Waals surface area contributed by atoms with Gasteiger partial charge in [-0.3, -0.25) is 14.9 Å². The molecule has 0 aliphatic heterocycles. The molecular weight excluding hydrogens is 266 g/mol. The van der Waals surface area contributed by atoms with Gasteiger partial charge < -0.3 is 9.47 Å². The van der Waals surface area contributed by atoms with E-state index in [1.165, 1.54) is 0 Å². The first-order chi connectivity index (χ1) is 9.60. The molecule has 0 radical (unpaired) electrons. The summed E-state index contributed by atoms with van der Waals surface area (Å²) in [6, 6.07) is 8.49. The fourth-order valence-corrected chi connectivity index (χ4v) is 1.88. The summed E-state index contributed by atoms with van der Waals surface area (Å²) in [7, 11) is 0. The molecule has 0 saturated carbocycles. The Labute approximate surface area is 115 Å². The Morgan fingerprint density at radius 3 is 2.55 bits per heavy atom. The van der Waals surface area contributed by atoms with Crippen molar-refractivity contribution in [2.45, 2.75) is 18.9 Å². The zero-order chi connectivity index (χ0) is 15.0. The molecule has 108 valence electrons. The zero-order valence-electron chi connectivity index (χ0n) is 10.9. The summed E-state index contributed by atoms with van der Waals surface area (Å²) in [5, 5.41) is 10.8. The van der Waals surface area contributed by atoms with Crippen LogP contribution in [0.25, 0.3) is 0 Å². The fraction of sp³-hybridized carbons (Fsp3) is 0.385. The second-order valence-electron chi connectivity index (χ2n) is 3.94. The van der Waals surface area contributed by atoms with Crippen molar-refractivity contribution in [1.82, 2.24) is 0 Å². The molecule has 0 aliphatic carbocycles. The molecule has 0 spiro atoms. The van der Waals surface area contributed by atoms with Crippen LogP contribution in [0.4, 0.5) is 0 Å². The molecule has 0 bridgehead atoms. The predicted octanol–water partition coefficient (Wildman–Crippen LogP) is 1.15. The van der Waals surface area contributed by atoms with Crippen LogP contribution in [0.15, 0.2) is 30.3 Å². The first-order valence-electron chi connectivity index (χ1n) is 6.02. The number of carbonyl (C=O) groups excluding carboxylic acids is 2. The van der Waals surface area contributed by atoms with Crippen LogP contribution >= 0.6 is 0 Å². The Hall–Kier alpha value is -2.28. The van der Waals surface area contributed by atoms with Crippen LogP contribution in [-0.2, 0) is 19.1 Å². The molecule has 0 aromatic heterocycles. The zero-order valence-corrected chi connectivity index (χ0v) is 10.9. The Bertz CT molecular complexity index is 461. The van der Waals surface area contributed by atoms with Gasteiger partial charge in [0.05, 0.1) is 5.92 Å². The highest BCUT2D eigenvalue weighted by Gasteiger charge is 2.35. The third-order valence-corrected chi connectivity index (χ3v) is 2.68. The topological polar surface area (TPSA) is 95.7 Å². The predicted molar refractivity (Wildman–Crippen MR) is 68.6 cm³/mol. The number of rotatable bonds is 8. The summed E-state index contributed by atoms with van der Waals surface area (Å²) < 4.78 is 9.51. The van der Waals surface area contributed by atoms with Gasteiger partial charge in [-0.05, 0) is 12.5 Å². The summed E-state index contributed by atoms with van der Waals surface area (Å²) in [6.07, 6.45) is -1.20. The number of nitro groups is 1. The fourth-order valence-electron chi connectivity index (χ4n) is 1.88. The van der Waals surface area contributed by atoms with Crippen LogP contribution in [0.2, 0.25) is 0 Å². The third-order valence-electron chi connectivity index (χ3n) is 2.68. The van der Waals surface area contributed by atoms with Crippen LogP contribution in [0.1, 0.15) is 18.4 Å². The van der Waals surface area contributed by atoms with Gasteiger partial charge in [0.1, 0.15) is 0 Å². The van der Waals surface area contributed by atoms with E-state index in [1.54, 1.807) is 37.3 Å². The van der Waals surface area contributed by atoms with Gasteiger partial charge in [-0.15, -0.1) is 0 Å². The lowest BCUT2D eigenvalue weighted by Gasteiger charge is -2.22. The maximum Gasteiger partial charge on any atom is 0.343 e. The van der Waals surface area contributed by atoms with Crippen LogP contribution in [-0.4, -0.2) is 36.6 Å². The number of carbonyl (C=O) groups is 2. The lowest BCUT2D eigenvalue weighted by Crippen LogP contribution is -2.36. The molecule has 2 atom stereocenters. The standard InChI is InChI=1S/C13H15NO6/c1-2-19-12(13(16)20-9-15)11(8-14(17)18)10-6-4-3-5-7-10/h3-7,9,11-12H,2,8H2,1H3. The summed E-state index contributed by atoms with van der Waals surface area (Å²) in [6.45, 7) is 1.31. The average molecular weight is 281 g/mol. The molecule has 1 aromatic rings. The first kappa shape index (κ1) is 15.8. The van der Waals surface area contributed by atoms with Gasteiger partial charge in [-0.1, -0.05) is 30.3 Å². The molecule has 0 amide bonds. The van der Waals surface area contributed by atoms with Gasteiger partial charge in [0, 0.05) is 11.5 Å². The summed E-state index contributed by atoms with van der Waals surface area (Å²) in [5.41, 5.74) is 0.575. The molecular formula is C13H15NO6. The Morgan fingerprint density at radius 2 is 2.05 bits per heavy atom. The number of hydrogen-bond donors (Lipinski definition) is 0. The van der Waals surface area contributed by atoms with Crippen molar-refractivity contribution in [1.29, 1.82) is 0 Å². The second kappa shape index (κ2) is 8.00. The largest absolute Gasteiger partial charge is 0.394 e. The number of benzene rings is 1. The van der Waals surface area contributed by atoms with Crippen molar-refractivity contribution in [3.8, 4) is 0 Å². The van der Waals surface area contributed by atoms with Gasteiger partial charge in [-0.2, -0.15) is 0 Å². The van der Waals surface area contributed by atoms with Gasteiger partial charge in [0.15, 0.2) is 6.10 Å². The van der Waals surface area contributed by atoms with Crippen molar-refractivity contribution >= 4 is 12.4 Å². The molecule has 0 fully saturated rings. The Morgan fingerprint density at radius 1 is 1.40 bits per heavy atom. The molecule has 2 unspecified atom stereocenters. The number of esters is 1. The number of hydrogen-bond acceptors (Lipinski definition) is 6. The van der Waals surface area contributed by atoms with Gasteiger partial charge in [0.25, 0.3) is 0 Å². The Kier molecular flexibility index (Phi) is 6.31. The number of nitrogens with zero attached hydrogens (tertiary/aromatic N) is 1. The van der Waals surface area contributed by atoms with E-state index >= 15 is 0 Å². The summed E-state index contributed by atoms with van der Waals surface area (Å²) in [4.78, 5) is 32.3. The average Bonchev–Trinajstić information content (AvgIpc) is 2.43. The van der Waals surface area contributed by atoms with E-state index in [2.05, 4.69) is 4.74 Å². The quantitative estimate of drug-likeness (QED) is 0.233. The van der Waals surface area contributed by atoms with E-state index in [-0.39, 0.29) is 13.1 Å². The molecule has 0 N–H and O–H groups in total. The minimum absolute atomic E-state index is 0.0113. The van der Waals surface area contributed by atoms with Crippen LogP contribution in [0, 0.1) is 10.1 Å². The Balaban J connectivity index is 3.07. The smallest absolute Gasteiger partial charge is 0.343 e. The normalized spacial score (nSPS) is 13.2. The van der Waals surface area contributed by atoms with Crippen molar-refractivity contribution in [3.05, 3.63) is 46.0 Å². The van der Waals surface area contributed by atoms with E-state index < -0.39 is 29.5 Å². The molecule has 0 heterocycles. The molecule has 7 heteroatoms. The van der Waals surface area contributed by atoms with Crippen LogP contribution in [0.5, 0.6) is 0 Å². The summed E-state index contributed by atoms with van der Waals surface area (Å²) in [5.74, 6) is -1.75. The first-order valence-corrected chi connectivity index (χ1v) is 6.02. The maximum atomic E-state index is 11.7. The van der Waals surface area contributed by atoms with Gasteiger partial charge in [-0.25, -0.2) is 4.79 Å². The van der Waals surface area contributed by atoms with E-state index in [0.29, 0.717) is 5.56 Å². The highest BCUT2D eigenvalue weighted by atomic mass is 16.6. The van der Waals surface area contributed by atoms with Crippen LogP contribution in [0.3, 0.4) is 0 Å². The van der Waals surface area contributed by atoms with E-state index in [4.69, 9.17) is 4.74 Å². The lowest BCUT2D eigenvalue weighted by molar-refractivity contribution is -0.485. The van der Waals surface area contributed by atoms with Gasteiger partial charge >= 0.3 is 12.4 Å². The minimum Gasteiger partial charge on any atom is -0.394 e. The third kappa shape index (κ3) is 4.43. The van der Waals surface area contributed by atoms with E-state index in [0.717, 1.165) is 0 Å². The van der Waals surface area contributed by atoms with Crippen molar-refractivity contribution in [2.24, 2.45) is 0 Å². The molecule has 7 nitrogen and oxygen atoms in total. The lowest BCUT2D eigenvalue weighted by atomic mass is 9.93. The molecule has 20 heavy (non-hydrogen) atoms. The molecule has 0 aliphatic rings. The van der Waals surface area contributed by atoms with E-state index in [9.17, 15) is 19.7 Å². The van der Waals surface area contributed by atoms with Crippen molar-refractivity contribution < 1.29 is 24.0 Å². The van der Waals surface area contributed by atoms with Crippen molar-refractivity contribution in [3.63, 3.8) is 0 Å². The molecule has 0 saturated heterocycles. The monoisotopic (exact) mass is 281 g/mol. The minimum atomic E-state index is -1.20. The second-order valence-corrected chi connectivity index (χ2v) is 3.94. The molecule has 1 aromatic carbocycles. The SMILES string of the molecule is CCOC(C(=O)OC=O)C(C[N+](=O)[O-])c1ccccc1. The van der Waals surface area contributed by atoms with E-state index in [1.807, 2.05) is 0 Å². The van der Waals surface area contributed by atoms with Crippen molar-refractivity contribution in [2.75, 3.05) is 13.2 Å².